The first-order valence-electron chi connectivity index (χ1n) is 9.95. The molecular formula is C23H23N3O3S. The number of amides is 2. The summed E-state index contributed by atoms with van der Waals surface area (Å²) in [4.78, 5) is 31.0. The van der Waals surface area contributed by atoms with Gasteiger partial charge in [-0.15, -0.1) is 0 Å². The van der Waals surface area contributed by atoms with Gasteiger partial charge in [0.2, 0.25) is 0 Å². The van der Waals surface area contributed by atoms with Gasteiger partial charge in [-0.2, -0.15) is 11.3 Å². The zero-order chi connectivity index (χ0) is 20.8. The Hall–Kier alpha value is -3.19. The van der Waals surface area contributed by atoms with Crippen molar-refractivity contribution in [2.24, 2.45) is 0 Å². The monoisotopic (exact) mass is 421 g/mol. The second-order valence-corrected chi connectivity index (χ2v) is 7.93. The van der Waals surface area contributed by atoms with Gasteiger partial charge in [0.1, 0.15) is 11.9 Å². The molecule has 154 valence electrons. The molecule has 0 unspecified atom stereocenters. The first-order valence-corrected chi connectivity index (χ1v) is 10.9. The predicted octanol–water partition coefficient (Wildman–Crippen LogP) is 3.76. The van der Waals surface area contributed by atoms with Gasteiger partial charge in [-0.05, 0) is 41.8 Å². The fraction of sp³-hybridized carbons (Fsp3) is 0.261. The van der Waals surface area contributed by atoms with E-state index in [0.717, 1.165) is 24.1 Å². The van der Waals surface area contributed by atoms with E-state index in [-0.39, 0.29) is 17.9 Å². The summed E-state index contributed by atoms with van der Waals surface area (Å²) in [6, 6.07) is 14.7. The minimum atomic E-state index is -0.165. The number of pyridine rings is 1. The Morgan fingerprint density at radius 3 is 2.70 bits per heavy atom. The third-order valence-electron chi connectivity index (χ3n) is 5.05. The highest BCUT2D eigenvalue weighted by atomic mass is 32.1. The van der Waals surface area contributed by atoms with Crippen LogP contribution in [-0.4, -0.2) is 40.9 Å². The maximum absolute atomic E-state index is 12.5. The molecule has 0 saturated carbocycles. The summed E-state index contributed by atoms with van der Waals surface area (Å²) < 4.78 is 6.10. The first kappa shape index (κ1) is 20.1. The average molecular weight is 422 g/mol. The standard InChI is InChI=1S/C23H23N3O3S/c27-22(25-15-19-5-1-2-10-24-19)17-4-3-6-21(14-17)29-20-7-11-26(12-8-20)23(28)18-9-13-30-16-18/h1-6,9-10,13-14,16,20H,7-8,11-12,15H2,(H,25,27). The molecule has 1 aliphatic rings. The van der Waals surface area contributed by atoms with Crippen molar-refractivity contribution in [1.82, 2.24) is 15.2 Å². The molecule has 0 aliphatic carbocycles. The van der Waals surface area contributed by atoms with Gasteiger partial charge < -0.3 is 15.0 Å². The van der Waals surface area contributed by atoms with Crippen LogP contribution in [-0.2, 0) is 6.54 Å². The van der Waals surface area contributed by atoms with Gasteiger partial charge in [-0.25, -0.2) is 0 Å². The summed E-state index contributed by atoms with van der Waals surface area (Å²) in [6.45, 7) is 1.72. The highest BCUT2D eigenvalue weighted by Gasteiger charge is 2.25. The lowest BCUT2D eigenvalue weighted by atomic mass is 10.1. The molecule has 6 nitrogen and oxygen atoms in total. The van der Waals surface area contributed by atoms with E-state index in [1.165, 1.54) is 11.3 Å². The molecule has 2 aromatic heterocycles. The van der Waals surface area contributed by atoms with E-state index >= 15 is 0 Å². The van der Waals surface area contributed by atoms with Crippen LogP contribution < -0.4 is 10.1 Å². The van der Waals surface area contributed by atoms with Crippen molar-refractivity contribution in [3.63, 3.8) is 0 Å². The van der Waals surface area contributed by atoms with Gasteiger partial charge in [0, 0.05) is 43.1 Å². The molecule has 3 aromatic rings. The van der Waals surface area contributed by atoms with Crippen LogP contribution in [0.2, 0.25) is 0 Å². The third kappa shape index (κ3) is 5.04. The average Bonchev–Trinajstić information content (AvgIpc) is 3.33. The third-order valence-corrected chi connectivity index (χ3v) is 5.74. The van der Waals surface area contributed by atoms with Crippen molar-refractivity contribution in [3.8, 4) is 5.75 Å². The number of aromatic nitrogens is 1. The van der Waals surface area contributed by atoms with Crippen LogP contribution in [0, 0.1) is 0 Å². The van der Waals surface area contributed by atoms with Crippen LogP contribution in [0.1, 0.15) is 39.3 Å². The number of nitrogens with zero attached hydrogens (tertiary/aromatic N) is 2. The van der Waals surface area contributed by atoms with Crippen LogP contribution >= 0.6 is 11.3 Å². The highest BCUT2D eigenvalue weighted by molar-refractivity contribution is 7.08. The van der Waals surface area contributed by atoms with Gasteiger partial charge in [-0.3, -0.25) is 14.6 Å². The zero-order valence-electron chi connectivity index (χ0n) is 16.5. The summed E-state index contributed by atoms with van der Waals surface area (Å²) in [7, 11) is 0. The topological polar surface area (TPSA) is 71.5 Å². The van der Waals surface area contributed by atoms with E-state index in [2.05, 4.69) is 10.3 Å². The van der Waals surface area contributed by atoms with E-state index in [4.69, 9.17) is 4.74 Å². The van der Waals surface area contributed by atoms with Crippen LogP contribution in [0.15, 0.2) is 65.5 Å². The lowest BCUT2D eigenvalue weighted by Gasteiger charge is -2.32. The fourth-order valence-corrected chi connectivity index (χ4v) is 4.05. The molecule has 3 heterocycles. The lowest BCUT2D eigenvalue weighted by Crippen LogP contribution is -2.41. The van der Waals surface area contributed by atoms with E-state index in [1.54, 1.807) is 18.3 Å². The Balaban J connectivity index is 1.29. The van der Waals surface area contributed by atoms with Crippen molar-refractivity contribution in [2.75, 3.05) is 13.1 Å². The number of rotatable bonds is 6. The molecule has 0 atom stereocenters. The molecule has 4 rings (SSSR count). The summed E-state index contributed by atoms with van der Waals surface area (Å²) in [5.74, 6) is 0.589. The Morgan fingerprint density at radius 2 is 1.97 bits per heavy atom. The summed E-state index contributed by atoms with van der Waals surface area (Å²) in [6.07, 6.45) is 3.27. The minimum Gasteiger partial charge on any atom is -0.490 e. The Morgan fingerprint density at radius 1 is 1.10 bits per heavy atom. The maximum Gasteiger partial charge on any atom is 0.254 e. The molecule has 2 amide bonds. The molecule has 7 heteroatoms. The number of piperidine rings is 1. The fourth-order valence-electron chi connectivity index (χ4n) is 3.42. The summed E-state index contributed by atoms with van der Waals surface area (Å²) in [5, 5.41) is 6.68. The molecule has 30 heavy (non-hydrogen) atoms. The second kappa shape index (κ2) is 9.54. The molecular weight excluding hydrogens is 398 g/mol. The summed E-state index contributed by atoms with van der Waals surface area (Å²) >= 11 is 1.53. The van der Waals surface area contributed by atoms with Gasteiger partial charge in [0.15, 0.2) is 0 Å². The van der Waals surface area contributed by atoms with Crippen LogP contribution in [0.5, 0.6) is 5.75 Å². The van der Waals surface area contributed by atoms with Crippen molar-refractivity contribution in [1.29, 1.82) is 0 Å². The highest BCUT2D eigenvalue weighted by Crippen LogP contribution is 2.22. The Kier molecular flexibility index (Phi) is 6.39. The molecule has 1 aromatic carbocycles. The predicted molar refractivity (Wildman–Crippen MR) is 116 cm³/mol. The molecule has 0 spiro atoms. The van der Waals surface area contributed by atoms with Gasteiger partial charge >= 0.3 is 0 Å². The number of hydrogen-bond acceptors (Lipinski definition) is 5. The molecule has 1 aliphatic heterocycles. The van der Waals surface area contributed by atoms with Crippen LogP contribution in [0.25, 0.3) is 0 Å². The van der Waals surface area contributed by atoms with E-state index < -0.39 is 0 Å². The SMILES string of the molecule is O=C(NCc1ccccn1)c1cccc(OC2CCN(C(=O)c3ccsc3)CC2)c1. The van der Waals surface area contributed by atoms with E-state index in [1.807, 2.05) is 52.1 Å². The van der Waals surface area contributed by atoms with Crippen LogP contribution in [0.4, 0.5) is 0 Å². The quantitative estimate of drug-likeness (QED) is 0.658. The van der Waals surface area contributed by atoms with Crippen molar-refractivity contribution < 1.29 is 14.3 Å². The Bertz CT molecular complexity index is 984. The number of carbonyl (C=O) groups excluding carboxylic acids is 2. The van der Waals surface area contributed by atoms with Crippen LogP contribution in [0.3, 0.4) is 0 Å². The van der Waals surface area contributed by atoms with Crippen molar-refractivity contribution in [2.45, 2.75) is 25.5 Å². The summed E-state index contributed by atoms with van der Waals surface area (Å²) in [5.41, 5.74) is 2.11. The van der Waals surface area contributed by atoms with Gasteiger partial charge in [-0.1, -0.05) is 12.1 Å². The number of carbonyl (C=O) groups is 2. The number of ether oxygens (including phenoxy) is 1. The Labute approximate surface area is 179 Å². The maximum atomic E-state index is 12.5. The van der Waals surface area contributed by atoms with Crippen molar-refractivity contribution in [3.05, 3.63) is 82.3 Å². The normalized spacial score (nSPS) is 14.3. The zero-order valence-corrected chi connectivity index (χ0v) is 17.3. The lowest BCUT2D eigenvalue weighted by molar-refractivity contribution is 0.0595. The van der Waals surface area contributed by atoms with E-state index in [0.29, 0.717) is 30.9 Å². The number of benzene rings is 1. The van der Waals surface area contributed by atoms with Gasteiger partial charge in [0.25, 0.3) is 11.8 Å². The second-order valence-electron chi connectivity index (χ2n) is 7.15. The number of thiophene rings is 1. The number of likely N-dealkylation sites (tertiary alicyclic amines) is 1. The first-order chi connectivity index (χ1) is 14.7. The number of hydrogen-bond donors (Lipinski definition) is 1. The van der Waals surface area contributed by atoms with Crippen molar-refractivity contribution >= 4 is 23.2 Å². The minimum absolute atomic E-state index is 0.0309. The largest absolute Gasteiger partial charge is 0.490 e. The van der Waals surface area contributed by atoms with Gasteiger partial charge in [0.05, 0.1) is 17.8 Å². The smallest absolute Gasteiger partial charge is 0.254 e. The molecule has 1 fully saturated rings. The molecule has 1 saturated heterocycles. The van der Waals surface area contributed by atoms with E-state index in [9.17, 15) is 9.59 Å². The molecule has 0 bridgehead atoms. The number of nitrogens with one attached hydrogen (secondary N) is 1. The molecule has 0 radical (unpaired) electrons. The molecule has 1 N–H and O–H groups in total.